The van der Waals surface area contributed by atoms with E-state index >= 15 is 0 Å². The lowest BCUT2D eigenvalue weighted by molar-refractivity contribution is -0.136. The standard InChI is InChI=1S/C18H15F3N2O/c1-11(22)15-10-12-6-5-9-14(18(19,20)21)16(12)17(24)23(15)13-7-3-2-4-8-13/h2-11H,22H2,1H3. The van der Waals surface area contributed by atoms with Crippen molar-refractivity contribution < 1.29 is 13.2 Å². The molecule has 124 valence electrons. The minimum atomic E-state index is -4.61. The first kappa shape index (κ1) is 16.3. The summed E-state index contributed by atoms with van der Waals surface area (Å²) < 4.78 is 41.2. The molecule has 0 aliphatic rings. The molecule has 1 heterocycles. The van der Waals surface area contributed by atoms with Gasteiger partial charge in [-0.25, -0.2) is 0 Å². The Bertz CT molecular complexity index is 944. The van der Waals surface area contributed by atoms with Gasteiger partial charge in [0.2, 0.25) is 0 Å². The number of hydrogen-bond acceptors (Lipinski definition) is 2. The quantitative estimate of drug-likeness (QED) is 0.770. The van der Waals surface area contributed by atoms with Crippen molar-refractivity contribution in [1.82, 2.24) is 4.57 Å². The van der Waals surface area contributed by atoms with Crippen molar-refractivity contribution in [3.05, 3.63) is 76.2 Å². The van der Waals surface area contributed by atoms with E-state index in [1.165, 1.54) is 16.7 Å². The van der Waals surface area contributed by atoms with E-state index in [1.54, 1.807) is 43.3 Å². The molecule has 0 amide bonds. The zero-order chi connectivity index (χ0) is 17.5. The minimum absolute atomic E-state index is 0.231. The van der Waals surface area contributed by atoms with Crippen LogP contribution in [0.1, 0.15) is 24.2 Å². The predicted molar refractivity (Wildman–Crippen MR) is 87.1 cm³/mol. The molecule has 3 rings (SSSR count). The van der Waals surface area contributed by atoms with Gasteiger partial charge < -0.3 is 5.73 Å². The molecule has 0 bridgehead atoms. The third kappa shape index (κ3) is 2.69. The number of rotatable bonds is 2. The maximum atomic E-state index is 13.3. The largest absolute Gasteiger partial charge is 0.417 e. The van der Waals surface area contributed by atoms with Crippen LogP contribution in [-0.4, -0.2) is 4.57 Å². The summed E-state index contributed by atoms with van der Waals surface area (Å²) in [7, 11) is 0. The van der Waals surface area contributed by atoms with Gasteiger partial charge in [0.1, 0.15) is 0 Å². The fourth-order valence-corrected chi connectivity index (χ4v) is 2.80. The van der Waals surface area contributed by atoms with E-state index in [0.717, 1.165) is 6.07 Å². The third-order valence-electron chi connectivity index (χ3n) is 3.86. The van der Waals surface area contributed by atoms with Gasteiger partial charge >= 0.3 is 6.18 Å². The van der Waals surface area contributed by atoms with E-state index in [1.807, 2.05) is 0 Å². The summed E-state index contributed by atoms with van der Waals surface area (Å²) >= 11 is 0. The number of nitrogens with two attached hydrogens (primary N) is 1. The highest BCUT2D eigenvalue weighted by Gasteiger charge is 2.34. The van der Waals surface area contributed by atoms with Crippen molar-refractivity contribution in [2.75, 3.05) is 0 Å². The van der Waals surface area contributed by atoms with E-state index < -0.39 is 23.3 Å². The summed E-state index contributed by atoms with van der Waals surface area (Å²) in [6, 6.07) is 13.3. The number of halogens is 3. The van der Waals surface area contributed by atoms with E-state index in [-0.39, 0.29) is 10.8 Å². The van der Waals surface area contributed by atoms with Crippen LogP contribution >= 0.6 is 0 Å². The van der Waals surface area contributed by atoms with Crippen LogP contribution in [0.15, 0.2) is 59.4 Å². The normalized spacial score (nSPS) is 13.2. The first-order valence-corrected chi connectivity index (χ1v) is 7.37. The number of aromatic nitrogens is 1. The van der Waals surface area contributed by atoms with E-state index in [0.29, 0.717) is 11.4 Å². The summed E-state index contributed by atoms with van der Waals surface area (Å²) in [6.45, 7) is 1.69. The number of alkyl halides is 3. The highest BCUT2D eigenvalue weighted by Crippen LogP contribution is 2.34. The number of hydrogen-bond donors (Lipinski definition) is 1. The first-order chi connectivity index (χ1) is 11.3. The van der Waals surface area contributed by atoms with Crippen LogP contribution in [0.4, 0.5) is 13.2 Å². The average molecular weight is 332 g/mol. The van der Waals surface area contributed by atoms with Gasteiger partial charge in [0.25, 0.3) is 5.56 Å². The zero-order valence-electron chi connectivity index (χ0n) is 12.8. The zero-order valence-corrected chi connectivity index (χ0v) is 12.8. The number of nitrogens with zero attached hydrogens (tertiary/aromatic N) is 1. The van der Waals surface area contributed by atoms with Gasteiger partial charge in [0.15, 0.2) is 0 Å². The summed E-state index contributed by atoms with van der Waals surface area (Å²) in [5.41, 5.74) is 5.23. The highest BCUT2D eigenvalue weighted by atomic mass is 19.4. The fraction of sp³-hybridized carbons (Fsp3) is 0.167. The lowest BCUT2D eigenvalue weighted by atomic mass is 10.0. The molecule has 0 spiro atoms. The Morgan fingerprint density at radius 3 is 2.29 bits per heavy atom. The summed E-state index contributed by atoms with van der Waals surface area (Å²) in [5.74, 6) is 0. The Morgan fingerprint density at radius 2 is 1.71 bits per heavy atom. The molecule has 6 heteroatoms. The van der Waals surface area contributed by atoms with Crippen LogP contribution in [0.2, 0.25) is 0 Å². The number of benzene rings is 2. The lowest BCUT2D eigenvalue weighted by Crippen LogP contribution is -2.27. The van der Waals surface area contributed by atoms with Gasteiger partial charge in [-0.15, -0.1) is 0 Å². The average Bonchev–Trinajstić information content (AvgIpc) is 2.54. The van der Waals surface area contributed by atoms with Crippen LogP contribution in [-0.2, 0) is 6.18 Å². The summed E-state index contributed by atoms with van der Waals surface area (Å²) in [6.07, 6.45) is -4.61. The second kappa shape index (κ2) is 5.79. The smallest absolute Gasteiger partial charge is 0.323 e. The first-order valence-electron chi connectivity index (χ1n) is 7.37. The van der Waals surface area contributed by atoms with Crippen LogP contribution in [0, 0.1) is 0 Å². The Hall–Kier alpha value is -2.60. The Morgan fingerprint density at radius 1 is 1.04 bits per heavy atom. The van der Waals surface area contributed by atoms with Gasteiger partial charge in [-0.3, -0.25) is 9.36 Å². The molecule has 0 saturated carbocycles. The number of para-hydroxylation sites is 1. The lowest BCUT2D eigenvalue weighted by Gasteiger charge is -2.19. The number of fused-ring (bicyclic) bond motifs is 1. The maximum Gasteiger partial charge on any atom is 0.417 e. The summed E-state index contributed by atoms with van der Waals surface area (Å²) in [4.78, 5) is 12.9. The molecule has 0 saturated heterocycles. The van der Waals surface area contributed by atoms with E-state index in [2.05, 4.69) is 0 Å². The van der Waals surface area contributed by atoms with Gasteiger partial charge in [-0.2, -0.15) is 13.2 Å². The molecular formula is C18H15F3N2O. The Labute approximate surface area is 136 Å². The third-order valence-corrected chi connectivity index (χ3v) is 3.86. The predicted octanol–water partition coefficient (Wildman–Crippen LogP) is 4.03. The van der Waals surface area contributed by atoms with Crippen molar-refractivity contribution in [3.63, 3.8) is 0 Å². The SMILES string of the molecule is CC(N)c1cc2cccc(C(F)(F)F)c2c(=O)n1-c1ccccc1. The van der Waals surface area contributed by atoms with Crippen molar-refractivity contribution in [2.45, 2.75) is 19.1 Å². The second-order valence-electron chi connectivity index (χ2n) is 5.60. The molecule has 1 atom stereocenters. The van der Waals surface area contributed by atoms with Crippen molar-refractivity contribution in [1.29, 1.82) is 0 Å². The minimum Gasteiger partial charge on any atom is -0.323 e. The van der Waals surface area contributed by atoms with Crippen molar-refractivity contribution in [2.24, 2.45) is 5.73 Å². The van der Waals surface area contributed by atoms with Gasteiger partial charge in [0, 0.05) is 17.4 Å². The summed E-state index contributed by atoms with van der Waals surface area (Å²) in [5, 5.41) is -0.118. The molecule has 0 aliphatic heterocycles. The molecular weight excluding hydrogens is 317 g/mol. The topological polar surface area (TPSA) is 48.0 Å². The van der Waals surface area contributed by atoms with Crippen molar-refractivity contribution in [3.8, 4) is 5.69 Å². The van der Waals surface area contributed by atoms with Gasteiger partial charge in [-0.05, 0) is 36.6 Å². The molecule has 0 aliphatic carbocycles. The van der Waals surface area contributed by atoms with Gasteiger partial charge in [0.05, 0.1) is 10.9 Å². The second-order valence-corrected chi connectivity index (χ2v) is 5.60. The van der Waals surface area contributed by atoms with E-state index in [4.69, 9.17) is 5.73 Å². The van der Waals surface area contributed by atoms with Crippen LogP contribution in [0.25, 0.3) is 16.5 Å². The molecule has 3 nitrogen and oxygen atoms in total. The monoisotopic (exact) mass is 332 g/mol. The van der Waals surface area contributed by atoms with E-state index in [9.17, 15) is 18.0 Å². The van der Waals surface area contributed by atoms with Gasteiger partial charge in [-0.1, -0.05) is 30.3 Å². The van der Waals surface area contributed by atoms with Crippen LogP contribution < -0.4 is 11.3 Å². The number of pyridine rings is 1. The Balaban J connectivity index is 2.49. The Kier molecular flexibility index (Phi) is 3.93. The molecule has 1 unspecified atom stereocenters. The molecule has 3 aromatic rings. The highest BCUT2D eigenvalue weighted by molar-refractivity contribution is 5.86. The van der Waals surface area contributed by atoms with Crippen molar-refractivity contribution >= 4 is 10.8 Å². The molecule has 2 N–H and O–H groups in total. The van der Waals surface area contributed by atoms with Crippen LogP contribution in [0.3, 0.4) is 0 Å². The maximum absolute atomic E-state index is 13.3. The fourth-order valence-electron chi connectivity index (χ4n) is 2.80. The molecule has 0 radical (unpaired) electrons. The van der Waals surface area contributed by atoms with Crippen LogP contribution in [0.5, 0.6) is 0 Å². The molecule has 2 aromatic carbocycles. The molecule has 1 aromatic heterocycles. The molecule has 24 heavy (non-hydrogen) atoms. The molecule has 0 fully saturated rings.